The van der Waals surface area contributed by atoms with Gasteiger partial charge in [0.2, 0.25) is 6.10 Å². The topological polar surface area (TPSA) is 237 Å². The van der Waals surface area contributed by atoms with Crippen molar-refractivity contribution in [2.45, 2.75) is 75.7 Å². The maximum Gasteiger partial charge on any atom is 0.345 e. The van der Waals surface area contributed by atoms with Gasteiger partial charge in [0.1, 0.15) is 5.75 Å². The molecule has 0 saturated heterocycles. The molecule has 10 N–H and O–H groups in total. The van der Waals surface area contributed by atoms with E-state index in [1.807, 2.05) is 12.1 Å². The number of likely N-dealkylation sites (N-methyl/N-ethyl adjacent to an activating group) is 1. The van der Waals surface area contributed by atoms with Gasteiger partial charge in [0, 0.05) is 40.6 Å². The first-order valence-corrected chi connectivity index (χ1v) is 19.0. The van der Waals surface area contributed by atoms with Crippen molar-refractivity contribution in [1.82, 2.24) is 5.32 Å². The van der Waals surface area contributed by atoms with Gasteiger partial charge < -0.3 is 56.0 Å². The number of fused-ring (bicyclic) bond motifs is 5. The summed E-state index contributed by atoms with van der Waals surface area (Å²) in [5.41, 5.74) is 4.86. The lowest BCUT2D eigenvalue weighted by atomic mass is 9.66. The van der Waals surface area contributed by atoms with E-state index in [0.717, 1.165) is 47.8 Å². The van der Waals surface area contributed by atoms with E-state index >= 15 is 0 Å². The number of hydrogen-bond acceptors (Lipinski definition) is 12. The maximum atomic E-state index is 13.5. The van der Waals surface area contributed by atoms with Gasteiger partial charge in [-0.2, -0.15) is 0 Å². The summed E-state index contributed by atoms with van der Waals surface area (Å²) in [5, 5.41) is 99.0. The molecule has 57 heavy (non-hydrogen) atoms. The molecule has 4 aromatic carbocycles. The number of allylic oxidation sites excluding steroid dienone is 1. The van der Waals surface area contributed by atoms with Crippen LogP contribution in [0.2, 0.25) is 0 Å². The van der Waals surface area contributed by atoms with E-state index in [-0.39, 0.29) is 35.1 Å². The van der Waals surface area contributed by atoms with E-state index in [9.17, 15) is 55.5 Å². The Hall–Kier alpha value is -6.34. The number of phenols is 8. The zero-order valence-electron chi connectivity index (χ0n) is 31.2. The van der Waals surface area contributed by atoms with E-state index in [0.29, 0.717) is 78.5 Å². The average Bonchev–Trinajstić information content (AvgIpc) is 3.54. The Morgan fingerprint density at radius 2 is 1.47 bits per heavy atom. The Bertz CT molecular complexity index is 2320. The Balaban J connectivity index is 1.33. The van der Waals surface area contributed by atoms with Gasteiger partial charge in [-0.25, -0.2) is 9.59 Å². The third-order valence-electron chi connectivity index (χ3n) is 11.7. The fourth-order valence-electron chi connectivity index (χ4n) is 9.05. The minimum atomic E-state index is -1.81. The molecule has 0 amide bonds. The highest BCUT2D eigenvalue weighted by molar-refractivity contribution is 5.98. The molecule has 0 aliphatic heterocycles. The predicted octanol–water partition coefficient (Wildman–Crippen LogP) is 6.65. The Morgan fingerprint density at radius 1 is 0.807 bits per heavy atom. The van der Waals surface area contributed by atoms with Crippen molar-refractivity contribution < 1.29 is 60.3 Å². The molecule has 0 aromatic heterocycles. The second kappa shape index (κ2) is 15.3. The van der Waals surface area contributed by atoms with Crippen LogP contribution < -0.4 is 5.32 Å². The molecule has 4 aromatic rings. The highest BCUT2D eigenvalue weighted by Gasteiger charge is 2.44. The van der Waals surface area contributed by atoms with Crippen molar-refractivity contribution in [2.75, 3.05) is 13.1 Å². The third kappa shape index (κ3) is 7.03. The molecular formula is C44H45NO12. The molecule has 298 valence electrons. The van der Waals surface area contributed by atoms with E-state index in [1.54, 1.807) is 19.1 Å². The fraction of sp³-hybridized carbons (Fsp3) is 0.318. The van der Waals surface area contributed by atoms with E-state index in [2.05, 4.69) is 5.32 Å². The maximum absolute atomic E-state index is 13.5. The number of ether oxygens (including phenoxy) is 1. The normalized spacial score (nSPS) is 16.6. The van der Waals surface area contributed by atoms with Crippen molar-refractivity contribution in [3.8, 4) is 57.1 Å². The summed E-state index contributed by atoms with van der Waals surface area (Å²) in [4.78, 5) is 26.0. The molecular weight excluding hydrogens is 734 g/mol. The van der Waals surface area contributed by atoms with Crippen LogP contribution in [0, 0.1) is 0 Å². The van der Waals surface area contributed by atoms with Crippen molar-refractivity contribution in [2.24, 2.45) is 0 Å². The molecule has 1 fully saturated rings. The molecule has 13 heteroatoms. The largest absolute Gasteiger partial charge is 0.508 e. The van der Waals surface area contributed by atoms with Crippen LogP contribution >= 0.6 is 0 Å². The van der Waals surface area contributed by atoms with Gasteiger partial charge >= 0.3 is 11.9 Å². The van der Waals surface area contributed by atoms with Gasteiger partial charge in [-0.05, 0) is 120 Å². The first-order valence-electron chi connectivity index (χ1n) is 19.0. The minimum absolute atomic E-state index is 0.0380. The summed E-state index contributed by atoms with van der Waals surface area (Å²) in [6.07, 6.45) is 7.46. The molecule has 0 unspecified atom stereocenters. The summed E-state index contributed by atoms with van der Waals surface area (Å²) in [7, 11) is 0. The number of hydrogen-bond donors (Lipinski definition) is 10. The summed E-state index contributed by atoms with van der Waals surface area (Å²) in [5.74, 6) is -6.93. The van der Waals surface area contributed by atoms with Gasteiger partial charge in [0.25, 0.3) is 0 Å². The molecule has 0 heterocycles. The lowest BCUT2D eigenvalue weighted by Gasteiger charge is -2.38. The predicted molar refractivity (Wildman–Crippen MR) is 211 cm³/mol. The second-order valence-corrected chi connectivity index (χ2v) is 15.1. The monoisotopic (exact) mass is 779 g/mol. The quantitative estimate of drug-likeness (QED) is 0.0462. The van der Waals surface area contributed by atoms with Crippen molar-refractivity contribution in [3.63, 3.8) is 0 Å². The molecule has 3 aliphatic carbocycles. The standard InChI is InChI=1S/C44H45NO12/c1-2-45-21-30(23-17-32(47)40(53)33(48)18-23)42(43(55)56)57-36(51)12-11-22-16-34(49)41(54)38-29(22)15-24(20-44(38)13-3-4-14-44)28-19-35(50)39(52)27-9-5-7-25-26(37(27)28)8-6-10-31(25)46/h6,8,10-12,15-19,30,42,45-50,52-54H,2-5,7,9,13-14,20-21H2,1H3,(H,55,56)/t30-,42+/m0/s1. The first kappa shape index (κ1) is 38.9. The van der Waals surface area contributed by atoms with Crippen molar-refractivity contribution >= 4 is 29.7 Å². The van der Waals surface area contributed by atoms with E-state index < -0.39 is 52.4 Å². The van der Waals surface area contributed by atoms with Gasteiger partial charge in [-0.3, -0.25) is 0 Å². The van der Waals surface area contributed by atoms with E-state index in [1.165, 1.54) is 18.2 Å². The third-order valence-corrected chi connectivity index (χ3v) is 11.7. The number of phenolic OH excluding ortho intramolecular Hbond substituents is 8. The number of benzene rings is 4. The number of aromatic hydroxyl groups is 8. The number of nitrogens with one attached hydrogen (secondary N) is 1. The lowest BCUT2D eigenvalue weighted by molar-refractivity contribution is -0.162. The van der Waals surface area contributed by atoms with Gasteiger partial charge in [0.05, 0.1) is 0 Å². The van der Waals surface area contributed by atoms with Crippen LogP contribution in [0.15, 0.2) is 48.5 Å². The summed E-state index contributed by atoms with van der Waals surface area (Å²) < 4.78 is 5.49. The summed E-state index contributed by atoms with van der Waals surface area (Å²) >= 11 is 0. The molecule has 2 atom stereocenters. The molecule has 0 radical (unpaired) electrons. The molecule has 1 saturated carbocycles. The number of esters is 1. The molecule has 3 aliphatic rings. The van der Waals surface area contributed by atoms with Crippen LogP contribution in [-0.2, 0) is 32.6 Å². The number of carboxylic acid groups (broad SMARTS) is 1. The molecule has 1 spiro atoms. The van der Waals surface area contributed by atoms with Crippen molar-refractivity contribution in [3.05, 3.63) is 87.5 Å². The zero-order chi connectivity index (χ0) is 40.8. The van der Waals surface area contributed by atoms with Gasteiger partial charge in [0.15, 0.2) is 40.2 Å². The number of aliphatic carboxylic acids is 1. The fourth-order valence-corrected chi connectivity index (χ4v) is 9.05. The Labute approximate surface area is 328 Å². The Morgan fingerprint density at radius 3 is 2.16 bits per heavy atom. The second-order valence-electron chi connectivity index (χ2n) is 15.1. The lowest BCUT2D eigenvalue weighted by Crippen LogP contribution is -2.38. The molecule has 7 rings (SSSR count). The summed E-state index contributed by atoms with van der Waals surface area (Å²) in [6, 6.07) is 10.2. The summed E-state index contributed by atoms with van der Waals surface area (Å²) in [6.45, 7) is 2.16. The van der Waals surface area contributed by atoms with Crippen LogP contribution in [0.25, 0.3) is 28.9 Å². The molecule has 13 nitrogen and oxygen atoms in total. The van der Waals surface area contributed by atoms with Gasteiger partial charge in [-0.15, -0.1) is 0 Å². The smallest absolute Gasteiger partial charge is 0.345 e. The number of rotatable bonds is 10. The van der Waals surface area contributed by atoms with Crippen LogP contribution in [0.5, 0.6) is 46.0 Å². The molecule has 0 bridgehead atoms. The zero-order valence-corrected chi connectivity index (χ0v) is 31.2. The average molecular weight is 780 g/mol. The van der Waals surface area contributed by atoms with Crippen LogP contribution in [0.4, 0.5) is 0 Å². The highest BCUT2D eigenvalue weighted by Crippen LogP contribution is 2.58. The number of carbonyl (C=O) groups is 2. The number of carbonyl (C=O) groups excluding carboxylic acids is 1. The van der Waals surface area contributed by atoms with Crippen LogP contribution in [0.1, 0.15) is 90.3 Å². The van der Waals surface area contributed by atoms with E-state index in [4.69, 9.17) is 4.74 Å². The SMILES string of the molecule is CCNC[C@@H](c1cc(O)c(O)c(O)c1)[C@@H](OC(=O)C=Cc1cc(O)c(O)c2c1C=C(c1cc(O)c(O)c3c1-c1cccc(O)c1CCC3)CC21CCCC1)C(=O)O. The van der Waals surface area contributed by atoms with Crippen LogP contribution in [0.3, 0.4) is 0 Å². The van der Waals surface area contributed by atoms with Crippen molar-refractivity contribution in [1.29, 1.82) is 0 Å². The number of carboxylic acids is 1. The van der Waals surface area contributed by atoms with Gasteiger partial charge in [-0.1, -0.05) is 38.0 Å². The van der Waals surface area contributed by atoms with Crippen LogP contribution in [-0.4, -0.2) is 77.1 Å². The Kier molecular flexibility index (Phi) is 10.4. The minimum Gasteiger partial charge on any atom is -0.508 e. The first-order chi connectivity index (χ1) is 27.2. The highest BCUT2D eigenvalue weighted by atomic mass is 16.6.